The first-order valence-electron chi connectivity index (χ1n) is 8.42. The number of furan rings is 1. The lowest BCUT2D eigenvalue weighted by Crippen LogP contribution is -2.30. The predicted molar refractivity (Wildman–Crippen MR) is 94.3 cm³/mol. The minimum absolute atomic E-state index is 0.0475. The second kappa shape index (κ2) is 6.37. The number of carbonyl (C=O) groups excluding carboxylic acids is 1. The molecule has 1 aliphatic rings. The van der Waals surface area contributed by atoms with E-state index in [1.165, 1.54) is 30.3 Å². The predicted octanol–water partition coefficient (Wildman–Crippen LogP) is 4.45. The van der Waals surface area contributed by atoms with E-state index in [-0.39, 0.29) is 21.8 Å². The Kier molecular flexibility index (Phi) is 4.22. The average molecular weight is 409 g/mol. The van der Waals surface area contributed by atoms with Gasteiger partial charge in [0.05, 0.1) is 10.5 Å². The van der Waals surface area contributed by atoms with Crippen LogP contribution in [0.15, 0.2) is 57.8 Å². The lowest BCUT2D eigenvalue weighted by molar-refractivity contribution is -0.136. The molecule has 1 aliphatic carbocycles. The van der Waals surface area contributed by atoms with Crippen LogP contribution in [0.3, 0.4) is 0 Å². The standard InChI is InChI=1S/C19H14F3NO4S/c20-19(21,22)15-8-12(11-6-7-11)9-16-14(15)10-17(27-16)18(24)23-28(25,26)13-4-2-1-3-5-13/h1-5,8-11H,6-7H2,(H,23,24). The number of sulfonamides is 1. The quantitative estimate of drug-likeness (QED) is 0.691. The lowest BCUT2D eigenvalue weighted by Gasteiger charge is -2.09. The number of hydrogen-bond donors (Lipinski definition) is 1. The number of nitrogens with one attached hydrogen (secondary N) is 1. The fraction of sp³-hybridized carbons (Fsp3) is 0.211. The van der Waals surface area contributed by atoms with E-state index >= 15 is 0 Å². The van der Waals surface area contributed by atoms with Crippen LogP contribution in [-0.2, 0) is 16.2 Å². The van der Waals surface area contributed by atoms with Gasteiger partial charge in [-0.2, -0.15) is 13.2 Å². The average Bonchev–Trinajstić information content (AvgIpc) is 3.39. The van der Waals surface area contributed by atoms with E-state index in [9.17, 15) is 26.4 Å². The zero-order chi connectivity index (χ0) is 20.1. The topological polar surface area (TPSA) is 76.4 Å². The van der Waals surface area contributed by atoms with Crippen LogP contribution >= 0.6 is 0 Å². The number of halogens is 3. The molecule has 3 aromatic rings. The molecule has 1 saturated carbocycles. The van der Waals surface area contributed by atoms with Crippen LogP contribution < -0.4 is 4.72 Å². The summed E-state index contributed by atoms with van der Waals surface area (Å²) in [7, 11) is -4.18. The highest BCUT2D eigenvalue weighted by atomic mass is 32.2. The largest absolute Gasteiger partial charge is 0.451 e. The summed E-state index contributed by atoms with van der Waals surface area (Å²) in [5, 5.41) is -0.279. The molecular formula is C19H14F3NO4S. The van der Waals surface area contributed by atoms with Crippen molar-refractivity contribution in [3.05, 3.63) is 65.4 Å². The van der Waals surface area contributed by atoms with E-state index in [0.29, 0.717) is 5.56 Å². The number of hydrogen-bond acceptors (Lipinski definition) is 4. The van der Waals surface area contributed by atoms with Gasteiger partial charge in [0, 0.05) is 5.39 Å². The molecule has 1 N–H and O–H groups in total. The van der Waals surface area contributed by atoms with Gasteiger partial charge in [0.2, 0.25) is 0 Å². The van der Waals surface area contributed by atoms with Crippen molar-refractivity contribution in [3.63, 3.8) is 0 Å². The molecule has 0 radical (unpaired) electrons. The van der Waals surface area contributed by atoms with Gasteiger partial charge in [0.1, 0.15) is 5.58 Å². The SMILES string of the molecule is O=C(NS(=O)(=O)c1ccccc1)c1cc2c(C(F)(F)F)cc(C3CC3)cc2o1. The minimum atomic E-state index is -4.63. The molecule has 1 aromatic heterocycles. The van der Waals surface area contributed by atoms with Crippen molar-refractivity contribution in [2.75, 3.05) is 0 Å². The summed E-state index contributed by atoms with van der Waals surface area (Å²) in [5.74, 6) is -1.60. The van der Waals surface area contributed by atoms with Crippen LogP contribution in [0.1, 0.15) is 40.4 Å². The van der Waals surface area contributed by atoms with E-state index in [1.54, 1.807) is 6.07 Å². The first-order valence-corrected chi connectivity index (χ1v) is 9.90. The van der Waals surface area contributed by atoms with Crippen molar-refractivity contribution in [1.82, 2.24) is 4.72 Å². The smallest absolute Gasteiger partial charge is 0.417 e. The molecule has 146 valence electrons. The number of benzene rings is 2. The molecule has 4 rings (SSSR count). The fourth-order valence-corrected chi connectivity index (χ4v) is 3.97. The van der Waals surface area contributed by atoms with Gasteiger partial charge >= 0.3 is 12.1 Å². The number of carbonyl (C=O) groups is 1. The fourth-order valence-electron chi connectivity index (χ4n) is 2.99. The molecule has 1 heterocycles. The van der Waals surface area contributed by atoms with Gasteiger partial charge < -0.3 is 4.42 Å². The van der Waals surface area contributed by atoms with Gasteiger partial charge in [-0.15, -0.1) is 0 Å². The molecule has 1 amide bonds. The molecule has 28 heavy (non-hydrogen) atoms. The summed E-state index contributed by atoms with van der Waals surface area (Å²) in [5.41, 5.74) is -0.502. The van der Waals surface area contributed by atoms with Crippen molar-refractivity contribution < 1.29 is 30.8 Å². The van der Waals surface area contributed by atoms with E-state index in [1.807, 2.05) is 4.72 Å². The summed E-state index contributed by atoms with van der Waals surface area (Å²) in [4.78, 5) is 12.2. The van der Waals surface area contributed by atoms with E-state index in [4.69, 9.17) is 4.42 Å². The van der Waals surface area contributed by atoms with E-state index in [2.05, 4.69) is 0 Å². The van der Waals surface area contributed by atoms with E-state index in [0.717, 1.165) is 25.0 Å². The van der Waals surface area contributed by atoms with Crippen molar-refractivity contribution >= 4 is 26.9 Å². The van der Waals surface area contributed by atoms with Gasteiger partial charge in [-0.25, -0.2) is 13.1 Å². The number of amides is 1. The Balaban J connectivity index is 1.72. The monoisotopic (exact) mass is 409 g/mol. The highest BCUT2D eigenvalue weighted by Gasteiger charge is 2.36. The van der Waals surface area contributed by atoms with Crippen molar-refractivity contribution in [1.29, 1.82) is 0 Å². The summed E-state index contributed by atoms with van der Waals surface area (Å²) >= 11 is 0. The maximum atomic E-state index is 13.4. The molecule has 0 spiro atoms. The molecule has 0 bridgehead atoms. The summed E-state index contributed by atoms with van der Waals surface area (Å²) in [6.45, 7) is 0. The molecule has 0 atom stereocenters. The van der Waals surface area contributed by atoms with Crippen LogP contribution in [0, 0.1) is 0 Å². The van der Waals surface area contributed by atoms with Gasteiger partial charge in [0.25, 0.3) is 10.0 Å². The van der Waals surface area contributed by atoms with Crippen molar-refractivity contribution in [3.8, 4) is 0 Å². The van der Waals surface area contributed by atoms with Crippen molar-refractivity contribution in [2.24, 2.45) is 0 Å². The van der Waals surface area contributed by atoms with Gasteiger partial charge in [-0.05, 0) is 54.7 Å². The van der Waals surface area contributed by atoms with Crippen LogP contribution in [-0.4, -0.2) is 14.3 Å². The molecule has 1 fully saturated rings. The Hall–Kier alpha value is -2.81. The highest BCUT2D eigenvalue weighted by Crippen LogP contribution is 2.45. The third kappa shape index (κ3) is 3.49. The van der Waals surface area contributed by atoms with Crippen LogP contribution in [0.4, 0.5) is 13.2 Å². The molecule has 0 aliphatic heterocycles. The minimum Gasteiger partial charge on any atom is -0.451 e. The van der Waals surface area contributed by atoms with Gasteiger partial charge in [-0.1, -0.05) is 18.2 Å². The Morgan fingerprint density at radius 3 is 2.36 bits per heavy atom. The van der Waals surface area contributed by atoms with Crippen LogP contribution in [0.25, 0.3) is 11.0 Å². The molecule has 2 aromatic carbocycles. The molecule has 9 heteroatoms. The Morgan fingerprint density at radius 2 is 1.75 bits per heavy atom. The first-order chi connectivity index (χ1) is 13.1. The number of rotatable bonds is 4. The lowest BCUT2D eigenvalue weighted by atomic mass is 10.0. The highest BCUT2D eigenvalue weighted by molar-refractivity contribution is 7.90. The normalized spacial score (nSPS) is 15.0. The summed E-state index contributed by atoms with van der Waals surface area (Å²) in [6.07, 6.45) is -3.03. The molecule has 0 saturated heterocycles. The maximum absolute atomic E-state index is 13.4. The third-order valence-corrected chi connectivity index (χ3v) is 5.87. The first kappa shape index (κ1) is 18.5. The summed E-state index contributed by atoms with van der Waals surface area (Å²) in [6, 6.07) is 10.6. The van der Waals surface area contributed by atoms with Gasteiger partial charge in [0.15, 0.2) is 5.76 Å². The number of fused-ring (bicyclic) bond motifs is 1. The Morgan fingerprint density at radius 1 is 1.07 bits per heavy atom. The zero-order valence-electron chi connectivity index (χ0n) is 14.3. The second-order valence-electron chi connectivity index (χ2n) is 6.61. The summed E-state index contributed by atoms with van der Waals surface area (Å²) < 4.78 is 72.0. The van der Waals surface area contributed by atoms with Crippen LogP contribution in [0.2, 0.25) is 0 Å². The number of alkyl halides is 3. The molecule has 0 unspecified atom stereocenters. The maximum Gasteiger partial charge on any atom is 0.417 e. The van der Waals surface area contributed by atoms with Crippen LogP contribution in [0.5, 0.6) is 0 Å². The third-order valence-electron chi connectivity index (χ3n) is 4.52. The Bertz CT molecular complexity index is 1160. The molecular weight excluding hydrogens is 395 g/mol. The second-order valence-corrected chi connectivity index (χ2v) is 8.29. The molecule has 5 nitrogen and oxygen atoms in total. The Labute approximate surface area is 158 Å². The zero-order valence-corrected chi connectivity index (χ0v) is 15.1. The van der Waals surface area contributed by atoms with Crippen molar-refractivity contribution in [2.45, 2.75) is 29.8 Å². The van der Waals surface area contributed by atoms with Gasteiger partial charge in [-0.3, -0.25) is 4.79 Å². The van der Waals surface area contributed by atoms with E-state index < -0.39 is 33.4 Å².